The molecule has 0 bridgehead atoms. The first kappa shape index (κ1) is 16.2. The number of Topliss-reactive ketones (excluding diaryl/α,β-unsaturated/α-hetero) is 1. The zero-order valence-electron chi connectivity index (χ0n) is 12.7. The van der Waals surface area contributed by atoms with Crippen LogP contribution in [0.5, 0.6) is 0 Å². The third-order valence-electron chi connectivity index (χ3n) is 3.35. The van der Waals surface area contributed by atoms with Crippen molar-refractivity contribution in [1.29, 1.82) is 0 Å². The highest BCUT2D eigenvalue weighted by Crippen LogP contribution is 2.23. The first-order valence-corrected chi connectivity index (χ1v) is 7.49. The number of carbonyl (C=O) groups excluding carboxylic acids is 2. The van der Waals surface area contributed by atoms with E-state index in [1.54, 1.807) is 24.3 Å². The maximum Gasteiger partial charge on any atom is 0.224 e. The van der Waals surface area contributed by atoms with Crippen molar-refractivity contribution >= 4 is 29.0 Å². The molecule has 0 saturated carbocycles. The van der Waals surface area contributed by atoms with Crippen molar-refractivity contribution in [2.24, 2.45) is 0 Å². The fourth-order valence-electron chi connectivity index (χ4n) is 2.05. The summed E-state index contributed by atoms with van der Waals surface area (Å²) in [6.07, 6.45) is 0.315. The van der Waals surface area contributed by atoms with Gasteiger partial charge in [-0.15, -0.1) is 0 Å². The van der Waals surface area contributed by atoms with Crippen LogP contribution in [-0.2, 0) is 4.79 Å². The van der Waals surface area contributed by atoms with Crippen LogP contribution < -0.4 is 5.32 Å². The standard InChI is InChI=1S/C18H18ClNO2/c1-12-3-6-14(7-4-12)17(21)9-10-18(22)20-16-8-5-13(2)11-15(16)19/h3-8,11H,9-10H2,1-2H3,(H,20,22). The lowest BCUT2D eigenvalue weighted by molar-refractivity contribution is -0.116. The van der Waals surface area contributed by atoms with E-state index in [1.807, 2.05) is 32.0 Å². The zero-order chi connectivity index (χ0) is 16.1. The highest BCUT2D eigenvalue weighted by atomic mass is 35.5. The van der Waals surface area contributed by atoms with Crippen molar-refractivity contribution in [3.8, 4) is 0 Å². The molecule has 0 saturated heterocycles. The van der Waals surface area contributed by atoms with Gasteiger partial charge < -0.3 is 5.32 Å². The molecule has 1 N–H and O–H groups in total. The summed E-state index contributed by atoms with van der Waals surface area (Å²) < 4.78 is 0. The number of carbonyl (C=O) groups is 2. The van der Waals surface area contributed by atoms with E-state index in [4.69, 9.17) is 11.6 Å². The van der Waals surface area contributed by atoms with Crippen molar-refractivity contribution in [3.63, 3.8) is 0 Å². The molecule has 0 aliphatic carbocycles. The lowest BCUT2D eigenvalue weighted by Crippen LogP contribution is -2.13. The lowest BCUT2D eigenvalue weighted by atomic mass is 10.0. The number of nitrogens with one attached hydrogen (secondary N) is 1. The summed E-state index contributed by atoms with van der Waals surface area (Å²) in [5.74, 6) is -0.253. The quantitative estimate of drug-likeness (QED) is 0.822. The van der Waals surface area contributed by atoms with Crippen molar-refractivity contribution < 1.29 is 9.59 Å². The normalized spacial score (nSPS) is 10.3. The molecule has 2 aromatic carbocycles. The van der Waals surface area contributed by atoms with Crippen LogP contribution in [0.3, 0.4) is 0 Å². The van der Waals surface area contributed by atoms with Gasteiger partial charge in [0, 0.05) is 18.4 Å². The minimum Gasteiger partial charge on any atom is -0.325 e. The first-order valence-electron chi connectivity index (χ1n) is 7.11. The highest BCUT2D eigenvalue weighted by Gasteiger charge is 2.10. The van der Waals surface area contributed by atoms with Crippen molar-refractivity contribution in [3.05, 3.63) is 64.2 Å². The van der Waals surface area contributed by atoms with E-state index in [9.17, 15) is 9.59 Å². The predicted octanol–water partition coefficient (Wildman–Crippen LogP) is 4.56. The van der Waals surface area contributed by atoms with Crippen LogP contribution in [0.4, 0.5) is 5.69 Å². The highest BCUT2D eigenvalue weighted by molar-refractivity contribution is 6.33. The van der Waals surface area contributed by atoms with Gasteiger partial charge in [-0.1, -0.05) is 47.5 Å². The Morgan fingerprint density at radius 3 is 2.23 bits per heavy atom. The van der Waals surface area contributed by atoms with Gasteiger partial charge in [0.15, 0.2) is 5.78 Å². The summed E-state index contributed by atoms with van der Waals surface area (Å²) in [4.78, 5) is 23.9. The maximum atomic E-state index is 12.0. The van der Waals surface area contributed by atoms with Gasteiger partial charge in [-0.05, 0) is 31.5 Å². The molecule has 0 aromatic heterocycles. The van der Waals surface area contributed by atoms with Crippen LogP contribution in [0.25, 0.3) is 0 Å². The molecule has 1 amide bonds. The van der Waals surface area contributed by atoms with Crippen LogP contribution in [0.1, 0.15) is 34.3 Å². The Balaban J connectivity index is 1.89. The second-order valence-electron chi connectivity index (χ2n) is 5.32. The first-order chi connectivity index (χ1) is 10.5. The Bertz CT molecular complexity index is 693. The largest absolute Gasteiger partial charge is 0.325 e. The molecular formula is C18H18ClNO2. The lowest BCUT2D eigenvalue weighted by Gasteiger charge is -2.08. The van der Waals surface area contributed by atoms with Crippen LogP contribution in [0.15, 0.2) is 42.5 Å². The van der Waals surface area contributed by atoms with Gasteiger partial charge in [0.1, 0.15) is 0 Å². The molecule has 114 valence electrons. The third-order valence-corrected chi connectivity index (χ3v) is 3.66. The molecule has 0 aliphatic heterocycles. The summed E-state index contributed by atoms with van der Waals surface area (Å²) >= 11 is 6.07. The van der Waals surface area contributed by atoms with Crippen molar-refractivity contribution in [2.45, 2.75) is 26.7 Å². The van der Waals surface area contributed by atoms with Gasteiger partial charge in [-0.3, -0.25) is 9.59 Å². The van der Waals surface area contributed by atoms with Crippen molar-refractivity contribution in [1.82, 2.24) is 0 Å². The number of halogens is 1. The van der Waals surface area contributed by atoms with Crippen LogP contribution in [-0.4, -0.2) is 11.7 Å². The summed E-state index contributed by atoms with van der Waals surface area (Å²) in [7, 11) is 0. The van der Waals surface area contributed by atoms with Crippen LogP contribution >= 0.6 is 11.6 Å². The number of anilines is 1. The van der Waals surface area contributed by atoms with Gasteiger partial charge in [0.05, 0.1) is 10.7 Å². The molecule has 3 nitrogen and oxygen atoms in total. The Morgan fingerprint density at radius 1 is 0.955 bits per heavy atom. The number of hydrogen-bond donors (Lipinski definition) is 1. The summed E-state index contributed by atoms with van der Waals surface area (Å²) in [5.41, 5.74) is 3.33. The minimum atomic E-state index is -0.216. The Morgan fingerprint density at radius 2 is 1.59 bits per heavy atom. The summed E-state index contributed by atoms with van der Waals surface area (Å²) in [5, 5.41) is 3.23. The van der Waals surface area contributed by atoms with E-state index in [2.05, 4.69) is 5.32 Å². The molecule has 0 spiro atoms. The van der Waals surface area contributed by atoms with Gasteiger partial charge in [-0.2, -0.15) is 0 Å². The average molecular weight is 316 g/mol. The minimum absolute atomic E-state index is 0.0369. The topological polar surface area (TPSA) is 46.2 Å². The van der Waals surface area contributed by atoms with E-state index < -0.39 is 0 Å². The van der Waals surface area contributed by atoms with Crippen molar-refractivity contribution in [2.75, 3.05) is 5.32 Å². The zero-order valence-corrected chi connectivity index (χ0v) is 13.4. The number of aryl methyl sites for hydroxylation is 2. The molecule has 2 rings (SSSR count). The molecule has 0 atom stereocenters. The summed E-state index contributed by atoms with van der Waals surface area (Å²) in [6.45, 7) is 3.89. The fraction of sp³-hybridized carbons (Fsp3) is 0.222. The van der Waals surface area contributed by atoms with E-state index in [0.29, 0.717) is 16.3 Å². The molecule has 0 heterocycles. The number of rotatable bonds is 5. The average Bonchev–Trinajstić information content (AvgIpc) is 2.48. The SMILES string of the molecule is Cc1ccc(C(=O)CCC(=O)Nc2ccc(C)cc2Cl)cc1. The molecule has 22 heavy (non-hydrogen) atoms. The monoisotopic (exact) mass is 315 g/mol. The van der Waals surface area contributed by atoms with E-state index in [-0.39, 0.29) is 24.5 Å². The Hall–Kier alpha value is -2.13. The molecule has 0 fully saturated rings. The molecular weight excluding hydrogens is 298 g/mol. The van der Waals surface area contributed by atoms with Crippen LogP contribution in [0, 0.1) is 13.8 Å². The molecule has 2 aromatic rings. The van der Waals surface area contributed by atoms with Gasteiger partial charge in [0.25, 0.3) is 0 Å². The fourth-order valence-corrected chi connectivity index (χ4v) is 2.33. The molecule has 0 radical (unpaired) electrons. The maximum absolute atomic E-state index is 12.0. The smallest absolute Gasteiger partial charge is 0.224 e. The van der Waals surface area contributed by atoms with Gasteiger partial charge >= 0.3 is 0 Å². The second-order valence-corrected chi connectivity index (χ2v) is 5.73. The van der Waals surface area contributed by atoms with E-state index in [1.165, 1.54) is 0 Å². The Labute approximate surface area is 135 Å². The predicted molar refractivity (Wildman–Crippen MR) is 89.6 cm³/mol. The third kappa shape index (κ3) is 4.43. The number of ketones is 1. The molecule has 0 aliphatic rings. The molecule has 0 unspecified atom stereocenters. The number of benzene rings is 2. The second kappa shape index (κ2) is 7.23. The molecule has 4 heteroatoms. The number of amides is 1. The van der Waals surface area contributed by atoms with Gasteiger partial charge in [-0.25, -0.2) is 0 Å². The summed E-state index contributed by atoms with van der Waals surface area (Å²) in [6, 6.07) is 12.8. The van der Waals surface area contributed by atoms with Gasteiger partial charge in [0.2, 0.25) is 5.91 Å². The van der Waals surface area contributed by atoms with Crippen LogP contribution in [0.2, 0.25) is 5.02 Å². The van der Waals surface area contributed by atoms with E-state index in [0.717, 1.165) is 11.1 Å². The van der Waals surface area contributed by atoms with E-state index >= 15 is 0 Å². The Kier molecular flexibility index (Phi) is 5.34. The number of hydrogen-bond acceptors (Lipinski definition) is 2.